The smallest absolute Gasteiger partial charge is 0.233 e. The second-order valence-electron chi connectivity index (χ2n) is 6.55. The lowest BCUT2D eigenvalue weighted by Crippen LogP contribution is -2.49. The topological polar surface area (TPSA) is 41.4 Å². The molecule has 7 heteroatoms. The van der Waals surface area contributed by atoms with E-state index in [9.17, 15) is 4.79 Å². The average molecular weight is 413 g/mol. The zero-order valence-electron chi connectivity index (χ0n) is 15.4. The number of amides is 1. The normalized spacial score (nSPS) is 14.3. The molecule has 0 atom stereocenters. The van der Waals surface area contributed by atoms with Gasteiger partial charge in [0, 0.05) is 55.0 Å². The number of carbonyl (C=O) groups is 1. The van der Waals surface area contributed by atoms with E-state index in [1.807, 2.05) is 58.1 Å². The van der Waals surface area contributed by atoms with Crippen molar-refractivity contribution < 1.29 is 4.79 Å². The Kier molecular flexibility index (Phi) is 5.88. The van der Waals surface area contributed by atoms with Gasteiger partial charge in [0.25, 0.3) is 0 Å². The van der Waals surface area contributed by atoms with Crippen LogP contribution < -0.4 is 4.90 Å². The molecule has 2 heterocycles. The van der Waals surface area contributed by atoms with Crippen molar-refractivity contribution >= 4 is 35.0 Å². The van der Waals surface area contributed by atoms with E-state index in [4.69, 9.17) is 11.6 Å². The van der Waals surface area contributed by atoms with E-state index < -0.39 is 0 Å². The molecule has 1 aliphatic rings. The average Bonchev–Trinajstić information content (AvgIpc) is 3.21. The lowest BCUT2D eigenvalue weighted by molar-refractivity contribution is -0.128. The number of nitrogens with zero attached hydrogens (tertiary/aromatic N) is 4. The number of carbonyl (C=O) groups excluding carboxylic acids is 1. The van der Waals surface area contributed by atoms with Crippen LogP contribution in [0.15, 0.2) is 72.1 Å². The first-order chi connectivity index (χ1) is 13.7. The standard InChI is InChI=1S/C21H21ClN4OS/c22-17-5-4-8-19(15-17)26-10-9-23-21(26)28-16-20(27)25-13-11-24(12-14-25)18-6-2-1-3-7-18/h1-10,15H,11-14,16H2. The molecule has 0 unspecified atom stereocenters. The monoisotopic (exact) mass is 412 g/mol. The molecule has 0 bridgehead atoms. The van der Waals surface area contributed by atoms with Gasteiger partial charge in [0.15, 0.2) is 5.16 Å². The minimum Gasteiger partial charge on any atom is -0.368 e. The van der Waals surface area contributed by atoms with Gasteiger partial charge in [-0.2, -0.15) is 0 Å². The summed E-state index contributed by atoms with van der Waals surface area (Å²) in [4.78, 5) is 21.3. The zero-order chi connectivity index (χ0) is 19.3. The molecule has 0 radical (unpaired) electrons. The zero-order valence-corrected chi connectivity index (χ0v) is 16.9. The number of anilines is 1. The third-order valence-electron chi connectivity index (χ3n) is 4.77. The SMILES string of the molecule is O=C(CSc1nccn1-c1cccc(Cl)c1)N1CCN(c2ccccc2)CC1. The van der Waals surface area contributed by atoms with Crippen LogP contribution in [-0.4, -0.2) is 52.3 Å². The number of para-hydroxylation sites is 1. The minimum atomic E-state index is 0.151. The molecule has 3 aromatic rings. The van der Waals surface area contributed by atoms with Crippen molar-refractivity contribution in [2.24, 2.45) is 0 Å². The number of piperazine rings is 1. The summed E-state index contributed by atoms with van der Waals surface area (Å²) < 4.78 is 1.96. The fourth-order valence-corrected chi connectivity index (χ4v) is 4.35. The largest absolute Gasteiger partial charge is 0.368 e. The Morgan fingerprint density at radius 2 is 1.75 bits per heavy atom. The molecule has 1 fully saturated rings. The molecule has 5 nitrogen and oxygen atoms in total. The van der Waals surface area contributed by atoms with Gasteiger partial charge in [-0.3, -0.25) is 9.36 Å². The maximum atomic E-state index is 12.7. The Morgan fingerprint density at radius 3 is 2.50 bits per heavy atom. The number of benzene rings is 2. The van der Waals surface area contributed by atoms with E-state index in [-0.39, 0.29) is 5.91 Å². The Labute approximate surface area is 173 Å². The van der Waals surface area contributed by atoms with Crippen molar-refractivity contribution in [2.45, 2.75) is 5.16 Å². The van der Waals surface area contributed by atoms with Crippen LogP contribution in [0.2, 0.25) is 5.02 Å². The summed E-state index contributed by atoms with van der Waals surface area (Å²) in [6, 6.07) is 18.0. The van der Waals surface area contributed by atoms with Crippen molar-refractivity contribution in [3.8, 4) is 5.69 Å². The highest BCUT2D eigenvalue weighted by Crippen LogP contribution is 2.23. The van der Waals surface area contributed by atoms with Gasteiger partial charge in [0.05, 0.1) is 5.75 Å². The van der Waals surface area contributed by atoms with E-state index in [1.165, 1.54) is 17.4 Å². The summed E-state index contributed by atoms with van der Waals surface area (Å²) in [7, 11) is 0. The molecular formula is C21H21ClN4OS. The van der Waals surface area contributed by atoms with Crippen LogP contribution >= 0.6 is 23.4 Å². The molecule has 2 aromatic carbocycles. The lowest BCUT2D eigenvalue weighted by Gasteiger charge is -2.36. The minimum absolute atomic E-state index is 0.151. The molecule has 28 heavy (non-hydrogen) atoms. The van der Waals surface area contributed by atoms with Crippen LogP contribution in [0.3, 0.4) is 0 Å². The van der Waals surface area contributed by atoms with E-state index in [0.717, 1.165) is 37.0 Å². The van der Waals surface area contributed by atoms with Crippen LogP contribution in [0.25, 0.3) is 5.69 Å². The van der Waals surface area contributed by atoms with Gasteiger partial charge in [0.2, 0.25) is 5.91 Å². The van der Waals surface area contributed by atoms with Crippen LogP contribution in [0.5, 0.6) is 0 Å². The van der Waals surface area contributed by atoms with Gasteiger partial charge in [-0.1, -0.05) is 47.6 Å². The molecule has 1 amide bonds. The van der Waals surface area contributed by atoms with Gasteiger partial charge < -0.3 is 9.80 Å². The first-order valence-electron chi connectivity index (χ1n) is 9.20. The summed E-state index contributed by atoms with van der Waals surface area (Å²) in [5, 5.41) is 1.47. The molecule has 0 aliphatic carbocycles. The number of aromatic nitrogens is 2. The predicted molar refractivity (Wildman–Crippen MR) is 115 cm³/mol. The van der Waals surface area contributed by atoms with Gasteiger partial charge in [-0.25, -0.2) is 4.98 Å². The molecule has 0 N–H and O–H groups in total. The summed E-state index contributed by atoms with van der Waals surface area (Å²) in [6.07, 6.45) is 3.63. The first kappa shape index (κ1) is 18.9. The molecule has 4 rings (SSSR count). The number of thioether (sulfide) groups is 1. The fraction of sp³-hybridized carbons (Fsp3) is 0.238. The third-order valence-corrected chi connectivity index (χ3v) is 5.96. The van der Waals surface area contributed by atoms with Crippen molar-refractivity contribution in [3.63, 3.8) is 0 Å². The molecule has 0 spiro atoms. The van der Waals surface area contributed by atoms with Crippen LogP contribution in [0.1, 0.15) is 0 Å². The first-order valence-corrected chi connectivity index (χ1v) is 10.6. The van der Waals surface area contributed by atoms with Crippen molar-refractivity contribution in [2.75, 3.05) is 36.8 Å². The summed E-state index contributed by atoms with van der Waals surface area (Å²) in [5.41, 5.74) is 2.16. The maximum Gasteiger partial charge on any atom is 0.233 e. The lowest BCUT2D eigenvalue weighted by atomic mass is 10.2. The molecule has 1 aromatic heterocycles. The number of imidazole rings is 1. The summed E-state index contributed by atoms with van der Waals surface area (Å²) in [6.45, 7) is 3.21. The predicted octanol–water partition coefficient (Wildman–Crippen LogP) is 3.97. The van der Waals surface area contributed by atoms with Crippen molar-refractivity contribution in [1.82, 2.24) is 14.5 Å². The van der Waals surface area contributed by atoms with Gasteiger partial charge in [0.1, 0.15) is 0 Å². The van der Waals surface area contributed by atoms with Crippen molar-refractivity contribution in [1.29, 1.82) is 0 Å². The molecule has 0 saturated carbocycles. The highest BCUT2D eigenvalue weighted by molar-refractivity contribution is 7.99. The summed E-state index contributed by atoms with van der Waals surface area (Å²) in [5.74, 6) is 0.529. The van der Waals surface area contributed by atoms with Gasteiger partial charge in [-0.05, 0) is 30.3 Å². The van der Waals surface area contributed by atoms with Crippen LogP contribution in [0.4, 0.5) is 5.69 Å². The third kappa shape index (κ3) is 4.34. The highest BCUT2D eigenvalue weighted by atomic mass is 35.5. The quantitative estimate of drug-likeness (QED) is 0.595. The Hall–Kier alpha value is -2.44. The van der Waals surface area contributed by atoms with Gasteiger partial charge >= 0.3 is 0 Å². The van der Waals surface area contributed by atoms with Crippen molar-refractivity contribution in [3.05, 3.63) is 72.0 Å². The second-order valence-corrected chi connectivity index (χ2v) is 7.93. The van der Waals surface area contributed by atoms with Gasteiger partial charge in [-0.15, -0.1) is 0 Å². The Balaban J connectivity index is 1.33. The summed E-state index contributed by atoms with van der Waals surface area (Å²) >= 11 is 7.55. The number of hydrogen-bond acceptors (Lipinski definition) is 4. The van der Waals surface area contributed by atoms with Crippen LogP contribution in [0, 0.1) is 0 Å². The number of rotatable bonds is 5. The molecule has 1 saturated heterocycles. The molecular weight excluding hydrogens is 392 g/mol. The van der Waals surface area contributed by atoms with E-state index >= 15 is 0 Å². The van der Waals surface area contributed by atoms with E-state index in [0.29, 0.717) is 10.8 Å². The number of hydrogen-bond donors (Lipinski definition) is 0. The maximum absolute atomic E-state index is 12.7. The highest BCUT2D eigenvalue weighted by Gasteiger charge is 2.21. The Bertz CT molecular complexity index is 938. The van der Waals surface area contributed by atoms with Crippen LogP contribution in [-0.2, 0) is 4.79 Å². The second kappa shape index (κ2) is 8.71. The molecule has 1 aliphatic heterocycles. The van der Waals surface area contributed by atoms with E-state index in [1.54, 1.807) is 6.20 Å². The van der Waals surface area contributed by atoms with E-state index in [2.05, 4.69) is 22.0 Å². The number of halogens is 1. The fourth-order valence-electron chi connectivity index (χ4n) is 3.29. The molecule has 144 valence electrons. The Morgan fingerprint density at radius 1 is 1.00 bits per heavy atom.